The van der Waals surface area contributed by atoms with Gasteiger partial charge < -0.3 is 54.7 Å². The second-order valence-electron chi connectivity index (χ2n) is 8.81. The minimum absolute atomic E-state index is 0.221. The van der Waals surface area contributed by atoms with Gasteiger partial charge in [-0.1, -0.05) is 12.1 Å². The summed E-state index contributed by atoms with van der Waals surface area (Å²) in [6.07, 6.45) is 5.71. The maximum Gasteiger partial charge on any atom is 0.244 e. The average Bonchev–Trinajstić information content (AvgIpc) is 2.99. The number of carbonyl (C=O) groups is 2. The van der Waals surface area contributed by atoms with E-state index in [1.807, 2.05) is 0 Å². The summed E-state index contributed by atoms with van der Waals surface area (Å²) in [6, 6.07) is 8.54. The van der Waals surface area contributed by atoms with Crippen molar-refractivity contribution in [2.24, 2.45) is 0 Å². The van der Waals surface area contributed by atoms with Crippen LogP contribution < -0.4 is 10.6 Å². The van der Waals surface area contributed by atoms with E-state index in [0.717, 1.165) is 0 Å². The van der Waals surface area contributed by atoms with Crippen LogP contribution in [0.2, 0.25) is 0 Å². The fourth-order valence-electron chi connectivity index (χ4n) is 3.22. The van der Waals surface area contributed by atoms with Crippen molar-refractivity contribution < 1.29 is 53.7 Å². The van der Waals surface area contributed by atoms with Crippen molar-refractivity contribution in [3.63, 3.8) is 0 Å². The van der Waals surface area contributed by atoms with Crippen molar-refractivity contribution in [2.75, 3.05) is 79.2 Å². The van der Waals surface area contributed by atoms with E-state index in [2.05, 4.69) is 10.6 Å². The third kappa shape index (κ3) is 16.8. The van der Waals surface area contributed by atoms with Crippen LogP contribution in [0.5, 0.6) is 23.0 Å². The van der Waals surface area contributed by atoms with Gasteiger partial charge in [-0.25, -0.2) is 0 Å². The molecule has 2 amide bonds. The minimum atomic E-state index is -0.303. The van der Waals surface area contributed by atoms with Gasteiger partial charge in [0.05, 0.1) is 66.1 Å². The first-order chi connectivity index (χ1) is 20.8. The highest BCUT2D eigenvalue weighted by atomic mass is 16.6. The largest absolute Gasteiger partial charge is 0.504 e. The molecule has 2 rings (SSSR count). The summed E-state index contributed by atoms with van der Waals surface area (Å²) < 4.78 is 27.0. The van der Waals surface area contributed by atoms with E-state index in [9.17, 15) is 30.0 Å². The SMILES string of the molecule is O=C(/C=C/c1ccc(O)c(O)c1)NCCOCCOCCOCCOCCOCCNC(=O)/C=C/c1ccc(O)c(O)c1. The highest BCUT2D eigenvalue weighted by Gasteiger charge is 2.01. The molecule has 0 atom stereocenters. The van der Waals surface area contributed by atoms with Crippen LogP contribution in [0.25, 0.3) is 12.2 Å². The number of phenols is 4. The van der Waals surface area contributed by atoms with Crippen LogP contribution in [0.4, 0.5) is 0 Å². The lowest BCUT2D eigenvalue weighted by Gasteiger charge is -2.08. The second kappa shape index (κ2) is 21.5. The van der Waals surface area contributed by atoms with Crippen molar-refractivity contribution >= 4 is 24.0 Å². The van der Waals surface area contributed by atoms with E-state index >= 15 is 0 Å². The van der Waals surface area contributed by atoms with Gasteiger partial charge in [0, 0.05) is 25.2 Å². The molecule has 0 aliphatic heterocycles. The molecule has 0 radical (unpaired) electrons. The Morgan fingerprint density at radius 3 is 1.16 bits per heavy atom. The van der Waals surface area contributed by atoms with Crippen LogP contribution in [0, 0.1) is 0 Å². The normalized spacial score (nSPS) is 11.3. The lowest BCUT2D eigenvalue weighted by atomic mass is 10.2. The molecule has 0 saturated heterocycles. The maximum atomic E-state index is 11.8. The molecular formula is C30H40N2O11. The van der Waals surface area contributed by atoms with E-state index in [4.69, 9.17) is 23.7 Å². The fraction of sp³-hybridized carbons (Fsp3) is 0.400. The highest BCUT2D eigenvalue weighted by Crippen LogP contribution is 2.26. The molecule has 6 N–H and O–H groups in total. The Kier molecular flexibility index (Phi) is 17.6. The van der Waals surface area contributed by atoms with Gasteiger partial charge in [0.1, 0.15) is 0 Å². The van der Waals surface area contributed by atoms with Gasteiger partial charge in [0.15, 0.2) is 23.0 Å². The van der Waals surface area contributed by atoms with Crippen LogP contribution in [0.1, 0.15) is 11.1 Å². The van der Waals surface area contributed by atoms with Gasteiger partial charge in [-0.05, 0) is 47.5 Å². The first-order valence-corrected chi connectivity index (χ1v) is 13.7. The van der Waals surface area contributed by atoms with Gasteiger partial charge >= 0.3 is 0 Å². The minimum Gasteiger partial charge on any atom is -0.504 e. The van der Waals surface area contributed by atoms with Crippen LogP contribution >= 0.6 is 0 Å². The van der Waals surface area contributed by atoms with Crippen molar-refractivity contribution in [1.82, 2.24) is 10.6 Å². The van der Waals surface area contributed by atoms with Crippen molar-refractivity contribution in [1.29, 1.82) is 0 Å². The summed E-state index contributed by atoms with van der Waals surface area (Å²) >= 11 is 0. The van der Waals surface area contributed by atoms with Crippen LogP contribution in [-0.4, -0.2) is 111 Å². The number of phenolic OH excluding ortho intramolecular Hbond substituents is 4. The van der Waals surface area contributed by atoms with E-state index in [0.29, 0.717) is 90.3 Å². The molecule has 0 heterocycles. The molecule has 2 aromatic rings. The maximum absolute atomic E-state index is 11.8. The second-order valence-corrected chi connectivity index (χ2v) is 8.81. The zero-order valence-corrected chi connectivity index (χ0v) is 23.9. The summed E-state index contributed by atoms with van der Waals surface area (Å²) in [5.41, 5.74) is 1.17. The van der Waals surface area contributed by atoms with Crippen molar-refractivity contribution in [2.45, 2.75) is 0 Å². The molecular weight excluding hydrogens is 564 g/mol. The van der Waals surface area contributed by atoms with E-state index < -0.39 is 0 Å². The molecule has 236 valence electrons. The molecule has 13 nitrogen and oxygen atoms in total. The van der Waals surface area contributed by atoms with Crippen LogP contribution in [0.3, 0.4) is 0 Å². The Hall–Kier alpha value is -4.14. The lowest BCUT2D eigenvalue weighted by molar-refractivity contribution is -0.117. The zero-order valence-electron chi connectivity index (χ0n) is 23.9. The van der Waals surface area contributed by atoms with Gasteiger partial charge in [-0.2, -0.15) is 0 Å². The molecule has 13 heteroatoms. The van der Waals surface area contributed by atoms with E-state index in [1.165, 1.54) is 48.6 Å². The number of amides is 2. The van der Waals surface area contributed by atoms with E-state index in [-0.39, 0.29) is 34.8 Å². The molecule has 0 saturated carbocycles. The van der Waals surface area contributed by atoms with Gasteiger partial charge in [0.25, 0.3) is 0 Å². The first kappa shape index (κ1) is 35.1. The van der Waals surface area contributed by atoms with Crippen LogP contribution in [0.15, 0.2) is 48.6 Å². The quantitative estimate of drug-likeness (QED) is 0.0651. The molecule has 0 aliphatic carbocycles. The monoisotopic (exact) mass is 604 g/mol. The number of hydrogen-bond donors (Lipinski definition) is 6. The molecule has 0 spiro atoms. The summed E-state index contributed by atoms with van der Waals surface area (Å²) in [7, 11) is 0. The number of benzene rings is 2. The molecule has 0 bridgehead atoms. The van der Waals surface area contributed by atoms with E-state index in [1.54, 1.807) is 12.1 Å². The molecule has 2 aromatic carbocycles. The molecule has 0 aromatic heterocycles. The summed E-state index contributed by atoms with van der Waals surface area (Å²) in [4.78, 5) is 23.6. The summed E-state index contributed by atoms with van der Waals surface area (Å²) in [6.45, 7) is 4.57. The zero-order chi connectivity index (χ0) is 31.1. The number of rotatable bonds is 22. The van der Waals surface area contributed by atoms with Gasteiger partial charge in [-0.3, -0.25) is 9.59 Å². The highest BCUT2D eigenvalue weighted by molar-refractivity contribution is 5.92. The smallest absolute Gasteiger partial charge is 0.244 e. The third-order valence-corrected chi connectivity index (χ3v) is 5.43. The Labute approximate surface area is 250 Å². The summed E-state index contributed by atoms with van der Waals surface area (Å²) in [5.74, 6) is -1.55. The standard InChI is InChI=1S/C30H40N2O11/c33-25-5-1-23(21-27(25)35)3-7-29(37)31-9-11-39-13-15-41-17-19-43-20-18-42-16-14-40-12-10-32-30(38)8-4-24-2-6-26(34)28(36)22-24/h1-8,21-22,33-36H,9-20H2,(H,31,37)(H,32,38)/b7-3+,8-4+. The Morgan fingerprint density at radius 1 is 0.512 bits per heavy atom. The number of ether oxygens (including phenoxy) is 5. The number of nitrogens with one attached hydrogen (secondary N) is 2. The third-order valence-electron chi connectivity index (χ3n) is 5.43. The summed E-state index contributed by atoms with van der Waals surface area (Å²) in [5, 5.41) is 42.8. The fourth-order valence-corrected chi connectivity index (χ4v) is 3.22. The van der Waals surface area contributed by atoms with Gasteiger partial charge in [0.2, 0.25) is 11.8 Å². The average molecular weight is 605 g/mol. The molecule has 0 aliphatic rings. The molecule has 0 unspecified atom stereocenters. The molecule has 0 fully saturated rings. The Morgan fingerprint density at radius 2 is 0.837 bits per heavy atom. The number of carbonyl (C=O) groups excluding carboxylic acids is 2. The van der Waals surface area contributed by atoms with Gasteiger partial charge in [-0.15, -0.1) is 0 Å². The predicted molar refractivity (Wildman–Crippen MR) is 158 cm³/mol. The van der Waals surface area contributed by atoms with Crippen molar-refractivity contribution in [3.8, 4) is 23.0 Å². The molecule has 43 heavy (non-hydrogen) atoms. The lowest BCUT2D eigenvalue weighted by Crippen LogP contribution is -2.26. The Bertz CT molecular complexity index is 1080. The number of aromatic hydroxyl groups is 4. The topological polar surface area (TPSA) is 185 Å². The van der Waals surface area contributed by atoms with Crippen molar-refractivity contribution in [3.05, 3.63) is 59.7 Å². The number of hydrogen-bond acceptors (Lipinski definition) is 11. The first-order valence-electron chi connectivity index (χ1n) is 13.7. The Balaban J connectivity index is 1.29. The van der Waals surface area contributed by atoms with Crippen LogP contribution in [-0.2, 0) is 33.3 Å². The predicted octanol–water partition coefficient (Wildman–Crippen LogP) is 1.55.